The lowest BCUT2D eigenvalue weighted by Gasteiger charge is -2.15. The van der Waals surface area contributed by atoms with E-state index >= 15 is 0 Å². The number of hydrogen-bond donors (Lipinski definition) is 1. The standard InChI is InChI=1S/C8H12N2O3/c1-4-2-3-5(12-4)6-7(11)10-8(9)13-6/h4-6H,2-3H2,1H3,(H2,9,10,11). The van der Waals surface area contributed by atoms with Gasteiger partial charge < -0.3 is 15.2 Å². The van der Waals surface area contributed by atoms with Crippen molar-refractivity contribution in [3.63, 3.8) is 0 Å². The van der Waals surface area contributed by atoms with E-state index in [1.807, 2.05) is 6.92 Å². The molecule has 0 saturated carbocycles. The van der Waals surface area contributed by atoms with Gasteiger partial charge in [-0.3, -0.25) is 4.79 Å². The van der Waals surface area contributed by atoms with Gasteiger partial charge in [-0.1, -0.05) is 0 Å². The highest BCUT2D eigenvalue weighted by atomic mass is 16.6. The van der Waals surface area contributed by atoms with Crippen molar-refractivity contribution in [2.45, 2.75) is 38.1 Å². The first-order valence-corrected chi connectivity index (χ1v) is 4.37. The third-order valence-electron chi connectivity index (χ3n) is 2.31. The molecule has 1 saturated heterocycles. The van der Waals surface area contributed by atoms with E-state index in [-0.39, 0.29) is 24.1 Å². The lowest BCUT2D eigenvalue weighted by Crippen LogP contribution is -2.33. The molecule has 0 aromatic rings. The minimum absolute atomic E-state index is 0.0434. The topological polar surface area (TPSA) is 73.9 Å². The molecule has 0 aliphatic carbocycles. The Morgan fingerprint density at radius 2 is 2.31 bits per heavy atom. The molecule has 3 atom stereocenters. The van der Waals surface area contributed by atoms with Crippen molar-refractivity contribution < 1.29 is 14.3 Å². The van der Waals surface area contributed by atoms with Crippen LogP contribution in [0.1, 0.15) is 19.8 Å². The molecule has 5 nitrogen and oxygen atoms in total. The Hall–Kier alpha value is -1.10. The second-order valence-corrected chi connectivity index (χ2v) is 3.39. The molecule has 2 N–H and O–H groups in total. The molecule has 5 heteroatoms. The monoisotopic (exact) mass is 184 g/mol. The van der Waals surface area contributed by atoms with E-state index in [9.17, 15) is 4.79 Å². The van der Waals surface area contributed by atoms with Crippen LogP contribution in [0.3, 0.4) is 0 Å². The molecule has 3 unspecified atom stereocenters. The van der Waals surface area contributed by atoms with Gasteiger partial charge in [0.05, 0.1) is 6.10 Å². The predicted molar refractivity (Wildman–Crippen MR) is 45.1 cm³/mol. The van der Waals surface area contributed by atoms with Gasteiger partial charge in [-0.2, -0.15) is 4.99 Å². The summed E-state index contributed by atoms with van der Waals surface area (Å²) in [5.41, 5.74) is 5.27. The number of carbonyl (C=O) groups excluding carboxylic acids is 1. The number of carbonyl (C=O) groups is 1. The van der Waals surface area contributed by atoms with Gasteiger partial charge in [0.15, 0.2) is 0 Å². The first kappa shape index (κ1) is 8.50. The first-order chi connectivity index (χ1) is 6.16. The molecule has 0 aromatic heterocycles. The summed E-state index contributed by atoms with van der Waals surface area (Å²) in [5, 5.41) is 0. The summed E-state index contributed by atoms with van der Waals surface area (Å²) in [7, 11) is 0. The Morgan fingerprint density at radius 3 is 2.77 bits per heavy atom. The van der Waals surface area contributed by atoms with Gasteiger partial charge >= 0.3 is 0 Å². The zero-order valence-corrected chi connectivity index (χ0v) is 7.40. The van der Waals surface area contributed by atoms with Crippen molar-refractivity contribution in [1.29, 1.82) is 0 Å². The van der Waals surface area contributed by atoms with E-state index < -0.39 is 6.10 Å². The molecular weight excluding hydrogens is 172 g/mol. The number of amidine groups is 1. The minimum atomic E-state index is -0.607. The molecule has 2 aliphatic rings. The van der Waals surface area contributed by atoms with Gasteiger partial charge in [0.1, 0.15) is 6.10 Å². The molecule has 0 aromatic carbocycles. The average molecular weight is 184 g/mol. The smallest absolute Gasteiger partial charge is 0.294 e. The van der Waals surface area contributed by atoms with E-state index in [0.717, 1.165) is 12.8 Å². The van der Waals surface area contributed by atoms with Crippen LogP contribution < -0.4 is 5.73 Å². The van der Waals surface area contributed by atoms with Gasteiger partial charge in [-0.05, 0) is 19.8 Å². The highest BCUT2D eigenvalue weighted by Gasteiger charge is 2.39. The number of nitrogens with two attached hydrogens (primary N) is 1. The van der Waals surface area contributed by atoms with Gasteiger partial charge in [-0.15, -0.1) is 0 Å². The SMILES string of the molecule is CC1CCC(C2OC(N)=NC2=O)O1. The van der Waals surface area contributed by atoms with Crippen molar-refractivity contribution >= 4 is 11.9 Å². The molecule has 2 aliphatic heterocycles. The highest BCUT2D eigenvalue weighted by molar-refractivity contribution is 5.98. The number of aliphatic imine (C=N–C) groups is 1. The first-order valence-electron chi connectivity index (χ1n) is 4.37. The summed E-state index contributed by atoms with van der Waals surface area (Å²) < 4.78 is 10.5. The number of ether oxygens (including phenoxy) is 2. The molecule has 0 bridgehead atoms. The lowest BCUT2D eigenvalue weighted by molar-refractivity contribution is -0.128. The Kier molecular flexibility index (Phi) is 1.95. The summed E-state index contributed by atoms with van der Waals surface area (Å²) in [6.45, 7) is 1.98. The number of nitrogens with zero attached hydrogens (tertiary/aromatic N) is 1. The van der Waals surface area contributed by atoms with Crippen LogP contribution in [0.2, 0.25) is 0 Å². The normalized spacial score (nSPS) is 39.0. The van der Waals surface area contributed by atoms with Crippen LogP contribution in [-0.2, 0) is 14.3 Å². The minimum Gasteiger partial charge on any atom is -0.449 e. The second kappa shape index (κ2) is 2.99. The van der Waals surface area contributed by atoms with Gasteiger partial charge in [0.25, 0.3) is 11.9 Å². The summed E-state index contributed by atoms with van der Waals surface area (Å²) in [4.78, 5) is 14.7. The number of amides is 1. The maximum atomic E-state index is 11.2. The van der Waals surface area contributed by atoms with Crippen LogP contribution in [0, 0.1) is 0 Å². The molecule has 72 valence electrons. The fourth-order valence-corrected chi connectivity index (χ4v) is 1.67. The zero-order valence-electron chi connectivity index (χ0n) is 7.40. The van der Waals surface area contributed by atoms with Gasteiger partial charge in [0, 0.05) is 0 Å². The molecule has 0 spiro atoms. The molecule has 2 rings (SSSR count). The highest BCUT2D eigenvalue weighted by Crippen LogP contribution is 2.25. The fraction of sp³-hybridized carbons (Fsp3) is 0.750. The molecule has 2 heterocycles. The van der Waals surface area contributed by atoms with Crippen molar-refractivity contribution in [2.75, 3.05) is 0 Å². The maximum Gasteiger partial charge on any atom is 0.294 e. The maximum absolute atomic E-state index is 11.2. The van der Waals surface area contributed by atoms with E-state index in [2.05, 4.69) is 4.99 Å². The van der Waals surface area contributed by atoms with Crippen LogP contribution in [0.5, 0.6) is 0 Å². The Balaban J connectivity index is 2.00. The summed E-state index contributed by atoms with van der Waals surface area (Å²) in [6, 6.07) is -0.0434. The fourth-order valence-electron chi connectivity index (χ4n) is 1.67. The van der Waals surface area contributed by atoms with Crippen LogP contribution in [0.15, 0.2) is 4.99 Å². The Labute approximate surface area is 75.9 Å². The van der Waals surface area contributed by atoms with Crippen molar-refractivity contribution in [3.05, 3.63) is 0 Å². The van der Waals surface area contributed by atoms with E-state index in [1.54, 1.807) is 0 Å². The van der Waals surface area contributed by atoms with E-state index in [4.69, 9.17) is 15.2 Å². The van der Waals surface area contributed by atoms with Crippen LogP contribution in [0.4, 0.5) is 0 Å². The summed E-state index contributed by atoms with van der Waals surface area (Å²) in [5.74, 6) is -0.323. The van der Waals surface area contributed by atoms with E-state index in [0.29, 0.717) is 0 Å². The van der Waals surface area contributed by atoms with Crippen LogP contribution in [-0.4, -0.2) is 30.2 Å². The Morgan fingerprint density at radius 1 is 1.54 bits per heavy atom. The second-order valence-electron chi connectivity index (χ2n) is 3.39. The number of rotatable bonds is 1. The third kappa shape index (κ3) is 1.51. The lowest BCUT2D eigenvalue weighted by atomic mass is 10.1. The summed E-state index contributed by atoms with van der Waals surface area (Å²) >= 11 is 0. The zero-order chi connectivity index (χ0) is 9.42. The van der Waals surface area contributed by atoms with Gasteiger partial charge in [0.2, 0.25) is 6.10 Å². The van der Waals surface area contributed by atoms with Crippen LogP contribution >= 0.6 is 0 Å². The quantitative estimate of drug-likeness (QED) is 0.612. The predicted octanol–water partition coefficient (Wildman–Crippen LogP) is -0.206. The molecular formula is C8H12N2O3. The van der Waals surface area contributed by atoms with Crippen molar-refractivity contribution in [2.24, 2.45) is 10.7 Å². The molecule has 1 fully saturated rings. The third-order valence-corrected chi connectivity index (χ3v) is 2.31. The Bertz CT molecular complexity index is 264. The largest absolute Gasteiger partial charge is 0.449 e. The molecule has 1 amide bonds. The van der Waals surface area contributed by atoms with Crippen molar-refractivity contribution in [1.82, 2.24) is 0 Å². The molecule has 13 heavy (non-hydrogen) atoms. The van der Waals surface area contributed by atoms with Gasteiger partial charge in [-0.25, -0.2) is 0 Å². The summed E-state index contributed by atoms with van der Waals surface area (Å²) in [6.07, 6.45) is 1.21. The number of hydrogen-bond acceptors (Lipinski definition) is 4. The van der Waals surface area contributed by atoms with Crippen molar-refractivity contribution in [3.8, 4) is 0 Å². The average Bonchev–Trinajstić information content (AvgIpc) is 2.58. The van der Waals surface area contributed by atoms with Crippen LogP contribution in [0.25, 0.3) is 0 Å². The van der Waals surface area contributed by atoms with E-state index in [1.165, 1.54) is 0 Å². The molecule has 0 radical (unpaired) electrons.